The van der Waals surface area contributed by atoms with Gasteiger partial charge in [0.2, 0.25) is 0 Å². The highest BCUT2D eigenvalue weighted by Crippen LogP contribution is 2.38. The summed E-state index contributed by atoms with van der Waals surface area (Å²) in [6.45, 7) is 0.0526. The molecule has 2 aromatic heterocycles. The van der Waals surface area contributed by atoms with Gasteiger partial charge in [0.25, 0.3) is 0 Å². The summed E-state index contributed by atoms with van der Waals surface area (Å²) in [6, 6.07) is 7.62. The average molecular weight is 364 g/mol. The zero-order valence-electron chi connectivity index (χ0n) is 13.0. The zero-order valence-corrected chi connectivity index (χ0v) is 13.7. The van der Waals surface area contributed by atoms with Crippen molar-refractivity contribution in [2.45, 2.75) is 18.6 Å². The molecule has 0 amide bonds. The first kappa shape index (κ1) is 16.1. The van der Waals surface area contributed by atoms with Crippen LogP contribution in [0.5, 0.6) is 0 Å². The van der Waals surface area contributed by atoms with E-state index in [-0.39, 0.29) is 18.5 Å². The Hall–Kier alpha value is -2.34. The van der Waals surface area contributed by atoms with E-state index in [1.54, 1.807) is 29.3 Å². The van der Waals surface area contributed by atoms with Gasteiger partial charge in [0.15, 0.2) is 0 Å². The van der Waals surface area contributed by atoms with Crippen molar-refractivity contribution in [1.82, 2.24) is 9.97 Å². The number of fused-ring (bicyclic) bond motifs is 1. The molecule has 2 unspecified atom stereocenters. The lowest BCUT2D eigenvalue weighted by atomic mass is 10.0. The summed E-state index contributed by atoms with van der Waals surface area (Å²) < 4.78 is 41.9. The Balaban J connectivity index is 1.80. The van der Waals surface area contributed by atoms with E-state index < -0.39 is 23.8 Å². The number of benzene rings is 1. The maximum atomic E-state index is 14.2. The highest BCUT2D eigenvalue weighted by Gasteiger charge is 2.36. The molecule has 1 aliphatic heterocycles. The van der Waals surface area contributed by atoms with Crippen molar-refractivity contribution in [2.75, 3.05) is 11.4 Å². The number of nitrogens with zero attached hydrogens (tertiary/aromatic N) is 3. The third kappa shape index (κ3) is 2.91. The Bertz CT molecular complexity index is 950. The van der Waals surface area contributed by atoms with Gasteiger partial charge in [-0.15, -0.1) is 0 Å². The molecule has 1 saturated heterocycles. The van der Waals surface area contributed by atoms with Gasteiger partial charge in [-0.2, -0.15) is 0 Å². The van der Waals surface area contributed by atoms with Gasteiger partial charge in [-0.05, 0) is 36.4 Å². The fraction of sp³-hybridized carbons (Fsp3) is 0.222. The fourth-order valence-corrected chi connectivity index (χ4v) is 3.44. The molecule has 0 saturated carbocycles. The molecule has 128 valence electrons. The molecule has 2 atom stereocenters. The summed E-state index contributed by atoms with van der Waals surface area (Å²) in [4.78, 5) is 10.3. The predicted molar refractivity (Wildman–Crippen MR) is 90.5 cm³/mol. The van der Waals surface area contributed by atoms with Gasteiger partial charge in [-0.3, -0.25) is 4.98 Å². The van der Waals surface area contributed by atoms with Crippen LogP contribution < -0.4 is 4.90 Å². The Morgan fingerprint density at radius 1 is 1.12 bits per heavy atom. The molecule has 0 bridgehead atoms. The van der Waals surface area contributed by atoms with Crippen LogP contribution in [0.25, 0.3) is 11.0 Å². The Morgan fingerprint density at radius 2 is 1.96 bits per heavy atom. The van der Waals surface area contributed by atoms with E-state index in [4.69, 9.17) is 11.6 Å². The maximum Gasteiger partial charge on any atom is 0.130 e. The molecule has 3 heterocycles. The van der Waals surface area contributed by atoms with E-state index in [0.29, 0.717) is 21.9 Å². The molecular weight excluding hydrogens is 351 g/mol. The minimum Gasteiger partial charge on any atom is -0.346 e. The van der Waals surface area contributed by atoms with Gasteiger partial charge in [0.1, 0.15) is 29.1 Å². The maximum absolute atomic E-state index is 14.2. The summed E-state index contributed by atoms with van der Waals surface area (Å²) >= 11 is 6.16. The molecule has 0 radical (unpaired) electrons. The van der Waals surface area contributed by atoms with Gasteiger partial charge in [-0.25, -0.2) is 18.2 Å². The van der Waals surface area contributed by atoms with Crippen molar-refractivity contribution in [2.24, 2.45) is 0 Å². The van der Waals surface area contributed by atoms with E-state index >= 15 is 0 Å². The van der Waals surface area contributed by atoms with Crippen molar-refractivity contribution in [3.05, 3.63) is 64.8 Å². The van der Waals surface area contributed by atoms with E-state index in [2.05, 4.69) is 9.97 Å². The first-order valence-corrected chi connectivity index (χ1v) is 8.17. The second-order valence-electron chi connectivity index (χ2n) is 6.00. The molecule has 4 rings (SSSR count). The summed E-state index contributed by atoms with van der Waals surface area (Å²) in [5.41, 5.74) is 1.22. The summed E-state index contributed by atoms with van der Waals surface area (Å²) in [5, 5.41) is 0.427. The van der Waals surface area contributed by atoms with Crippen LogP contribution in [-0.4, -0.2) is 22.7 Å². The second-order valence-corrected chi connectivity index (χ2v) is 6.40. The summed E-state index contributed by atoms with van der Waals surface area (Å²) in [7, 11) is 0. The molecule has 25 heavy (non-hydrogen) atoms. The minimum atomic E-state index is -1.16. The molecule has 1 fully saturated rings. The normalized spacial score (nSPS) is 20.4. The SMILES string of the molecule is Fc1ccc(F)c(C2CC(F)CN2c2ccc3nccc(Cl)c3n2)c1. The first-order valence-electron chi connectivity index (χ1n) is 7.80. The quantitative estimate of drug-likeness (QED) is 0.651. The standard InChI is InChI=1S/C18H13ClF3N3/c19-13-5-6-23-15-3-4-17(24-18(13)15)25-9-11(21)8-16(25)12-7-10(20)1-2-14(12)22/h1-7,11,16H,8-9H2. The predicted octanol–water partition coefficient (Wildman–Crippen LogP) is 4.85. The van der Waals surface area contributed by atoms with Gasteiger partial charge in [0.05, 0.1) is 23.1 Å². The van der Waals surface area contributed by atoms with Crippen molar-refractivity contribution in [3.8, 4) is 0 Å². The van der Waals surface area contributed by atoms with Crippen LogP contribution in [0, 0.1) is 11.6 Å². The lowest BCUT2D eigenvalue weighted by Gasteiger charge is -2.26. The number of pyridine rings is 2. The number of hydrogen-bond acceptors (Lipinski definition) is 3. The first-order chi connectivity index (χ1) is 12.0. The Labute approximate surface area is 147 Å². The summed E-state index contributed by atoms with van der Waals surface area (Å²) in [5.74, 6) is -0.667. The summed E-state index contributed by atoms with van der Waals surface area (Å²) in [6.07, 6.45) is 0.486. The molecule has 0 spiro atoms. The lowest BCUT2D eigenvalue weighted by molar-refractivity contribution is 0.355. The van der Waals surface area contributed by atoms with Gasteiger partial charge < -0.3 is 4.90 Å². The minimum absolute atomic E-state index is 0.0526. The van der Waals surface area contributed by atoms with Crippen molar-refractivity contribution < 1.29 is 13.2 Å². The van der Waals surface area contributed by atoms with Crippen molar-refractivity contribution in [3.63, 3.8) is 0 Å². The lowest BCUT2D eigenvalue weighted by Crippen LogP contribution is -2.25. The molecular formula is C18H13ClF3N3. The van der Waals surface area contributed by atoms with Gasteiger partial charge in [0, 0.05) is 18.2 Å². The van der Waals surface area contributed by atoms with Crippen LogP contribution in [-0.2, 0) is 0 Å². The van der Waals surface area contributed by atoms with Crippen molar-refractivity contribution in [1.29, 1.82) is 0 Å². The molecule has 1 aliphatic rings. The number of alkyl halides is 1. The third-order valence-electron chi connectivity index (χ3n) is 4.38. The number of halogens is 4. The third-order valence-corrected chi connectivity index (χ3v) is 4.69. The molecule has 3 nitrogen and oxygen atoms in total. The smallest absolute Gasteiger partial charge is 0.130 e. The average Bonchev–Trinajstić information content (AvgIpc) is 2.99. The molecule has 7 heteroatoms. The number of rotatable bonds is 2. The van der Waals surface area contributed by atoms with E-state index in [1.165, 1.54) is 0 Å². The van der Waals surface area contributed by atoms with E-state index in [0.717, 1.165) is 18.2 Å². The van der Waals surface area contributed by atoms with Crippen LogP contribution in [0.4, 0.5) is 19.0 Å². The largest absolute Gasteiger partial charge is 0.346 e. The Morgan fingerprint density at radius 3 is 2.80 bits per heavy atom. The highest BCUT2D eigenvalue weighted by molar-refractivity contribution is 6.34. The van der Waals surface area contributed by atoms with E-state index in [9.17, 15) is 13.2 Å². The van der Waals surface area contributed by atoms with Crippen LogP contribution in [0.15, 0.2) is 42.6 Å². The molecule has 1 aromatic carbocycles. The molecule has 3 aromatic rings. The Kier molecular flexibility index (Phi) is 4.00. The van der Waals surface area contributed by atoms with Crippen LogP contribution >= 0.6 is 11.6 Å². The second kappa shape index (κ2) is 6.19. The van der Waals surface area contributed by atoms with Crippen LogP contribution in [0.1, 0.15) is 18.0 Å². The van der Waals surface area contributed by atoms with Gasteiger partial charge in [-0.1, -0.05) is 11.6 Å². The highest BCUT2D eigenvalue weighted by atomic mass is 35.5. The fourth-order valence-electron chi connectivity index (χ4n) is 3.25. The van der Waals surface area contributed by atoms with Crippen LogP contribution in [0.3, 0.4) is 0 Å². The monoisotopic (exact) mass is 363 g/mol. The number of aromatic nitrogens is 2. The zero-order chi connectivity index (χ0) is 17.6. The topological polar surface area (TPSA) is 29.0 Å². The molecule has 0 aliphatic carbocycles. The number of anilines is 1. The molecule has 0 N–H and O–H groups in total. The van der Waals surface area contributed by atoms with E-state index in [1.807, 2.05) is 0 Å². The van der Waals surface area contributed by atoms with Gasteiger partial charge >= 0.3 is 0 Å². The van der Waals surface area contributed by atoms with Crippen LogP contribution in [0.2, 0.25) is 5.02 Å². The van der Waals surface area contributed by atoms with Crippen molar-refractivity contribution >= 4 is 28.5 Å². The number of hydrogen-bond donors (Lipinski definition) is 0.